The van der Waals surface area contributed by atoms with Crippen molar-refractivity contribution in [3.63, 3.8) is 0 Å². The predicted molar refractivity (Wildman–Crippen MR) is 107 cm³/mol. The van der Waals surface area contributed by atoms with Gasteiger partial charge >= 0.3 is 5.97 Å². The first-order chi connectivity index (χ1) is 13.6. The Hall–Kier alpha value is -2.47. The van der Waals surface area contributed by atoms with E-state index in [1.807, 2.05) is 30.3 Å². The molecule has 0 radical (unpaired) electrons. The number of hydrogen-bond donors (Lipinski definition) is 0. The summed E-state index contributed by atoms with van der Waals surface area (Å²) in [6.07, 6.45) is 0.203. The third kappa shape index (κ3) is 5.54. The molecular formula is C23H27F2NO3. The highest BCUT2D eigenvalue weighted by atomic mass is 19.3. The van der Waals surface area contributed by atoms with E-state index in [4.69, 9.17) is 9.57 Å². The number of carbonyl (C=O) groups is 1. The van der Waals surface area contributed by atoms with Crippen molar-refractivity contribution in [1.82, 2.24) is 5.06 Å². The molecule has 1 unspecified atom stereocenters. The number of ether oxygens (including phenoxy) is 1. The molecule has 1 heterocycles. The molecule has 29 heavy (non-hydrogen) atoms. The summed E-state index contributed by atoms with van der Waals surface area (Å²) in [7, 11) is 0. The Morgan fingerprint density at radius 1 is 1.10 bits per heavy atom. The lowest BCUT2D eigenvalue weighted by Gasteiger charge is -2.38. The first-order valence-electron chi connectivity index (χ1n) is 9.77. The van der Waals surface area contributed by atoms with Crippen LogP contribution in [0.2, 0.25) is 0 Å². The average Bonchev–Trinajstić information content (AvgIpc) is 2.66. The largest absolute Gasteiger partial charge is 0.489 e. The molecule has 0 amide bonds. The van der Waals surface area contributed by atoms with E-state index in [1.54, 1.807) is 45.0 Å². The van der Waals surface area contributed by atoms with Gasteiger partial charge in [-0.15, -0.1) is 5.06 Å². The molecule has 3 rings (SSSR count). The lowest BCUT2D eigenvalue weighted by Crippen LogP contribution is -2.49. The number of hydrogen-bond acceptors (Lipinski definition) is 4. The van der Waals surface area contributed by atoms with Crippen LogP contribution in [0.4, 0.5) is 8.78 Å². The van der Waals surface area contributed by atoms with E-state index in [1.165, 1.54) is 0 Å². The standard InChI is InChI=1S/C23H27F2NO3/c1-22(2,3)21(27)29-26-14-13-20(23(24,25)16-26)18-9-11-19(12-10-18)28-15-17-7-5-4-6-8-17/h4-12,20H,13-16H2,1-3H3. The van der Waals surface area contributed by atoms with Crippen molar-refractivity contribution in [3.8, 4) is 5.75 Å². The van der Waals surface area contributed by atoms with Gasteiger partial charge in [0, 0.05) is 6.54 Å². The minimum atomic E-state index is -3.00. The number of nitrogens with zero attached hydrogens (tertiary/aromatic N) is 1. The molecule has 156 valence electrons. The van der Waals surface area contributed by atoms with E-state index in [-0.39, 0.29) is 13.0 Å². The first kappa shape index (κ1) is 21.2. The number of carbonyl (C=O) groups excluding carboxylic acids is 1. The number of piperidine rings is 1. The molecule has 1 atom stereocenters. The minimum absolute atomic E-state index is 0.203. The van der Waals surface area contributed by atoms with E-state index in [2.05, 4.69) is 0 Å². The maximum atomic E-state index is 14.8. The highest BCUT2D eigenvalue weighted by Gasteiger charge is 2.47. The fraction of sp³-hybridized carbons (Fsp3) is 0.435. The van der Waals surface area contributed by atoms with Crippen LogP contribution in [0.5, 0.6) is 5.75 Å². The van der Waals surface area contributed by atoms with Gasteiger partial charge in [-0.2, -0.15) is 0 Å². The fourth-order valence-corrected chi connectivity index (χ4v) is 3.19. The van der Waals surface area contributed by atoms with Crippen molar-refractivity contribution >= 4 is 5.97 Å². The Morgan fingerprint density at radius 2 is 1.76 bits per heavy atom. The smallest absolute Gasteiger partial charge is 0.330 e. The van der Waals surface area contributed by atoms with Gasteiger partial charge in [-0.05, 0) is 50.5 Å². The van der Waals surface area contributed by atoms with E-state index in [9.17, 15) is 13.6 Å². The Kier molecular flexibility index (Phi) is 6.22. The number of alkyl halides is 2. The molecular weight excluding hydrogens is 376 g/mol. The molecule has 0 N–H and O–H groups in total. The molecule has 1 aliphatic rings. The predicted octanol–water partition coefficient (Wildman–Crippen LogP) is 5.19. The molecule has 1 fully saturated rings. The zero-order valence-electron chi connectivity index (χ0n) is 17.0. The molecule has 0 bridgehead atoms. The highest BCUT2D eigenvalue weighted by molar-refractivity contribution is 5.75. The summed E-state index contributed by atoms with van der Waals surface area (Å²) < 4.78 is 35.2. The summed E-state index contributed by atoms with van der Waals surface area (Å²) in [5.41, 5.74) is 0.867. The van der Waals surface area contributed by atoms with Crippen LogP contribution >= 0.6 is 0 Å². The average molecular weight is 403 g/mol. The normalized spacial score (nSPS) is 19.6. The van der Waals surface area contributed by atoms with Crippen molar-refractivity contribution < 1.29 is 23.1 Å². The number of halogens is 2. The molecule has 6 heteroatoms. The molecule has 4 nitrogen and oxygen atoms in total. The summed E-state index contributed by atoms with van der Waals surface area (Å²) in [6, 6.07) is 16.6. The Labute approximate surface area is 170 Å². The van der Waals surface area contributed by atoms with Crippen LogP contribution in [0.1, 0.15) is 44.2 Å². The monoisotopic (exact) mass is 403 g/mol. The van der Waals surface area contributed by atoms with Crippen LogP contribution in [-0.2, 0) is 16.2 Å². The van der Waals surface area contributed by atoms with E-state index in [0.717, 1.165) is 10.6 Å². The summed E-state index contributed by atoms with van der Waals surface area (Å²) >= 11 is 0. The second kappa shape index (κ2) is 8.49. The highest BCUT2D eigenvalue weighted by Crippen LogP contribution is 2.41. The summed E-state index contributed by atoms with van der Waals surface area (Å²) in [5.74, 6) is -3.79. The van der Waals surface area contributed by atoms with E-state index in [0.29, 0.717) is 17.9 Å². The summed E-state index contributed by atoms with van der Waals surface area (Å²) in [4.78, 5) is 17.1. The zero-order chi connectivity index (χ0) is 21.1. The zero-order valence-corrected chi connectivity index (χ0v) is 17.0. The van der Waals surface area contributed by atoms with Gasteiger partial charge < -0.3 is 9.57 Å². The first-order valence-corrected chi connectivity index (χ1v) is 9.77. The maximum absolute atomic E-state index is 14.8. The maximum Gasteiger partial charge on any atom is 0.330 e. The van der Waals surface area contributed by atoms with Gasteiger partial charge in [0.25, 0.3) is 5.92 Å². The second-order valence-electron chi connectivity index (χ2n) is 8.44. The van der Waals surface area contributed by atoms with Gasteiger partial charge in [-0.1, -0.05) is 42.5 Å². The Balaban J connectivity index is 1.60. The van der Waals surface area contributed by atoms with Crippen LogP contribution in [0.25, 0.3) is 0 Å². The topological polar surface area (TPSA) is 38.8 Å². The fourth-order valence-electron chi connectivity index (χ4n) is 3.19. The minimum Gasteiger partial charge on any atom is -0.489 e. The molecule has 0 saturated carbocycles. The molecule has 1 aliphatic heterocycles. The number of rotatable bonds is 5. The van der Waals surface area contributed by atoms with Crippen LogP contribution in [0.15, 0.2) is 54.6 Å². The Morgan fingerprint density at radius 3 is 2.34 bits per heavy atom. The lowest BCUT2D eigenvalue weighted by molar-refractivity contribution is -0.231. The molecule has 0 spiro atoms. The SMILES string of the molecule is CC(C)(C)C(=O)ON1CCC(c2ccc(OCc3ccccc3)cc2)C(F)(F)C1. The van der Waals surface area contributed by atoms with Crippen molar-refractivity contribution in [1.29, 1.82) is 0 Å². The Bertz CT molecular complexity index is 816. The number of hydroxylamine groups is 2. The van der Waals surface area contributed by atoms with E-state index >= 15 is 0 Å². The third-order valence-corrected chi connectivity index (χ3v) is 4.92. The van der Waals surface area contributed by atoms with Gasteiger partial charge in [0.1, 0.15) is 12.4 Å². The molecule has 1 saturated heterocycles. The molecule has 0 aromatic heterocycles. The molecule has 2 aromatic carbocycles. The van der Waals surface area contributed by atoms with Crippen molar-refractivity contribution in [2.24, 2.45) is 5.41 Å². The van der Waals surface area contributed by atoms with Gasteiger partial charge in [-0.3, -0.25) is 0 Å². The van der Waals surface area contributed by atoms with Crippen LogP contribution in [0.3, 0.4) is 0 Å². The van der Waals surface area contributed by atoms with E-state index < -0.39 is 29.8 Å². The van der Waals surface area contributed by atoms with Gasteiger partial charge in [0.15, 0.2) is 0 Å². The summed E-state index contributed by atoms with van der Waals surface area (Å²) in [6.45, 7) is 5.18. The third-order valence-electron chi connectivity index (χ3n) is 4.92. The number of benzene rings is 2. The quantitative estimate of drug-likeness (QED) is 0.688. The van der Waals surface area contributed by atoms with Crippen molar-refractivity contribution in [2.45, 2.75) is 45.6 Å². The molecule has 2 aromatic rings. The van der Waals surface area contributed by atoms with Gasteiger partial charge in [0.05, 0.1) is 17.9 Å². The van der Waals surface area contributed by atoms with Gasteiger partial charge in [0.2, 0.25) is 0 Å². The van der Waals surface area contributed by atoms with Gasteiger partial charge in [-0.25, -0.2) is 13.6 Å². The summed E-state index contributed by atoms with van der Waals surface area (Å²) in [5, 5.41) is 1.08. The second-order valence-corrected chi connectivity index (χ2v) is 8.44. The van der Waals surface area contributed by atoms with Crippen LogP contribution in [0, 0.1) is 5.41 Å². The lowest BCUT2D eigenvalue weighted by atomic mass is 9.87. The van der Waals surface area contributed by atoms with Crippen molar-refractivity contribution in [3.05, 3.63) is 65.7 Å². The van der Waals surface area contributed by atoms with Crippen LogP contribution in [-0.4, -0.2) is 30.0 Å². The van der Waals surface area contributed by atoms with Crippen molar-refractivity contribution in [2.75, 3.05) is 13.1 Å². The molecule has 0 aliphatic carbocycles. The van der Waals surface area contributed by atoms with Crippen LogP contribution < -0.4 is 4.74 Å².